The van der Waals surface area contributed by atoms with Crippen molar-refractivity contribution >= 4 is 48.9 Å². The van der Waals surface area contributed by atoms with Crippen LogP contribution in [0.5, 0.6) is 0 Å². The molecule has 19 heavy (non-hydrogen) atoms. The predicted octanol–water partition coefficient (Wildman–Crippen LogP) is 4.12. The van der Waals surface area contributed by atoms with Gasteiger partial charge < -0.3 is 10.6 Å². The third kappa shape index (κ3) is 2.92. The van der Waals surface area contributed by atoms with Crippen LogP contribution in [-0.4, -0.2) is 24.4 Å². The van der Waals surface area contributed by atoms with E-state index in [-0.39, 0.29) is 5.91 Å². The summed E-state index contributed by atoms with van der Waals surface area (Å²) in [5, 5.41) is 0.951. The number of carbonyl (C=O) groups excluding carboxylic acids is 1. The summed E-state index contributed by atoms with van der Waals surface area (Å²) >= 11 is 4.90. The third-order valence-electron chi connectivity index (χ3n) is 3.08. The summed E-state index contributed by atoms with van der Waals surface area (Å²) in [6, 6.07) is 5.92. The minimum Gasteiger partial charge on any atom is -0.397 e. The van der Waals surface area contributed by atoms with Crippen molar-refractivity contribution in [3.05, 3.63) is 27.5 Å². The molecule has 0 saturated carbocycles. The van der Waals surface area contributed by atoms with Crippen LogP contribution in [0.25, 0.3) is 10.1 Å². The largest absolute Gasteiger partial charge is 0.397 e. The molecule has 5 heteroatoms. The van der Waals surface area contributed by atoms with Crippen molar-refractivity contribution in [1.29, 1.82) is 0 Å². The molecule has 0 radical (unpaired) electrons. The fourth-order valence-corrected chi connectivity index (χ4v) is 3.38. The number of benzene rings is 1. The van der Waals surface area contributed by atoms with Crippen molar-refractivity contribution in [1.82, 2.24) is 4.90 Å². The molecule has 1 aromatic heterocycles. The van der Waals surface area contributed by atoms with Gasteiger partial charge in [-0.15, -0.1) is 11.3 Å². The van der Waals surface area contributed by atoms with Gasteiger partial charge in [0.25, 0.3) is 5.91 Å². The second-order valence-electron chi connectivity index (χ2n) is 4.57. The van der Waals surface area contributed by atoms with Gasteiger partial charge in [-0.3, -0.25) is 4.79 Å². The highest BCUT2D eigenvalue weighted by Crippen LogP contribution is 2.35. The molecule has 2 N–H and O–H groups in total. The van der Waals surface area contributed by atoms with Crippen LogP contribution in [0.2, 0.25) is 0 Å². The van der Waals surface area contributed by atoms with Gasteiger partial charge in [0.2, 0.25) is 0 Å². The Kier molecular flexibility index (Phi) is 4.47. The molecular formula is C14H17BrN2OS. The summed E-state index contributed by atoms with van der Waals surface area (Å²) in [6.45, 7) is 2.89. The topological polar surface area (TPSA) is 46.3 Å². The van der Waals surface area contributed by atoms with Gasteiger partial charge in [0.15, 0.2) is 0 Å². The van der Waals surface area contributed by atoms with Crippen LogP contribution in [0.3, 0.4) is 0 Å². The lowest BCUT2D eigenvalue weighted by Crippen LogP contribution is -2.27. The highest BCUT2D eigenvalue weighted by Gasteiger charge is 2.19. The Morgan fingerprint density at radius 2 is 2.21 bits per heavy atom. The number of nitrogens with two attached hydrogens (primary N) is 1. The number of hydrogen-bond acceptors (Lipinski definition) is 3. The molecule has 0 spiro atoms. The number of amides is 1. The van der Waals surface area contributed by atoms with E-state index in [2.05, 4.69) is 22.9 Å². The summed E-state index contributed by atoms with van der Waals surface area (Å²) in [7, 11) is 1.83. The average Bonchev–Trinajstić information content (AvgIpc) is 2.72. The third-order valence-corrected chi connectivity index (χ3v) is 4.74. The summed E-state index contributed by atoms with van der Waals surface area (Å²) in [5.74, 6) is 0.0169. The minimum atomic E-state index is 0.0169. The van der Waals surface area contributed by atoms with E-state index in [4.69, 9.17) is 5.73 Å². The molecule has 2 rings (SSSR count). The lowest BCUT2D eigenvalue weighted by molar-refractivity contribution is 0.0799. The number of thiophene rings is 1. The Balaban J connectivity index is 2.34. The molecule has 0 unspecified atom stereocenters. The van der Waals surface area contributed by atoms with Crippen LogP contribution in [0, 0.1) is 0 Å². The van der Waals surface area contributed by atoms with Crippen molar-refractivity contribution in [3.8, 4) is 0 Å². The van der Waals surface area contributed by atoms with E-state index >= 15 is 0 Å². The molecule has 1 amide bonds. The van der Waals surface area contributed by atoms with Crippen LogP contribution < -0.4 is 5.73 Å². The van der Waals surface area contributed by atoms with Gasteiger partial charge in [-0.1, -0.05) is 29.3 Å². The van der Waals surface area contributed by atoms with E-state index in [1.54, 1.807) is 4.90 Å². The number of rotatable bonds is 4. The van der Waals surface area contributed by atoms with E-state index in [1.807, 2.05) is 25.2 Å². The Bertz CT molecular complexity index is 609. The molecule has 0 saturated heterocycles. The fourth-order valence-electron chi connectivity index (χ4n) is 1.92. The van der Waals surface area contributed by atoms with Crippen LogP contribution >= 0.6 is 27.3 Å². The zero-order chi connectivity index (χ0) is 14.0. The highest BCUT2D eigenvalue weighted by molar-refractivity contribution is 9.10. The predicted molar refractivity (Wildman–Crippen MR) is 85.8 cm³/mol. The normalized spacial score (nSPS) is 10.9. The van der Waals surface area contributed by atoms with Crippen LogP contribution in [0.15, 0.2) is 22.7 Å². The van der Waals surface area contributed by atoms with Crippen molar-refractivity contribution in [2.45, 2.75) is 19.8 Å². The molecule has 1 aromatic carbocycles. The quantitative estimate of drug-likeness (QED) is 0.909. The lowest BCUT2D eigenvalue weighted by atomic mass is 10.2. The Morgan fingerprint density at radius 3 is 2.89 bits per heavy atom. The number of unbranched alkanes of at least 4 members (excludes halogenated alkanes) is 1. The molecule has 3 nitrogen and oxygen atoms in total. The monoisotopic (exact) mass is 340 g/mol. The molecule has 2 aromatic rings. The first-order valence-corrected chi connectivity index (χ1v) is 7.88. The first-order chi connectivity index (χ1) is 9.04. The molecule has 0 aliphatic rings. The zero-order valence-corrected chi connectivity index (χ0v) is 13.5. The number of nitrogen functional groups attached to an aromatic ring is 1. The molecule has 0 bridgehead atoms. The SMILES string of the molecule is CCCCN(C)C(=O)c1sc2ccc(Br)cc2c1N. The lowest BCUT2D eigenvalue weighted by Gasteiger charge is -2.15. The molecule has 1 heterocycles. The summed E-state index contributed by atoms with van der Waals surface area (Å²) in [5.41, 5.74) is 6.71. The number of fused-ring (bicyclic) bond motifs is 1. The number of nitrogens with zero attached hydrogens (tertiary/aromatic N) is 1. The average molecular weight is 341 g/mol. The Morgan fingerprint density at radius 1 is 1.47 bits per heavy atom. The van der Waals surface area contributed by atoms with E-state index in [1.165, 1.54) is 11.3 Å². The highest BCUT2D eigenvalue weighted by atomic mass is 79.9. The van der Waals surface area contributed by atoms with Gasteiger partial charge >= 0.3 is 0 Å². The number of carbonyl (C=O) groups is 1. The van der Waals surface area contributed by atoms with Crippen LogP contribution in [-0.2, 0) is 0 Å². The maximum absolute atomic E-state index is 12.4. The number of hydrogen-bond donors (Lipinski definition) is 1. The maximum Gasteiger partial charge on any atom is 0.265 e. The second-order valence-corrected chi connectivity index (χ2v) is 6.53. The van der Waals surface area contributed by atoms with Gasteiger partial charge in [-0.2, -0.15) is 0 Å². The van der Waals surface area contributed by atoms with E-state index in [0.717, 1.165) is 33.9 Å². The minimum absolute atomic E-state index is 0.0169. The van der Waals surface area contributed by atoms with Crippen molar-refractivity contribution < 1.29 is 4.79 Å². The molecule has 0 aliphatic heterocycles. The standard InChI is InChI=1S/C14H17BrN2OS/c1-3-4-7-17(2)14(18)13-12(16)10-8-9(15)5-6-11(10)19-13/h5-6,8H,3-4,7,16H2,1-2H3. The maximum atomic E-state index is 12.4. The van der Waals surface area contributed by atoms with Crippen LogP contribution in [0.1, 0.15) is 29.4 Å². The first-order valence-electron chi connectivity index (χ1n) is 6.27. The van der Waals surface area contributed by atoms with Crippen molar-refractivity contribution in [3.63, 3.8) is 0 Å². The van der Waals surface area contributed by atoms with E-state index in [0.29, 0.717) is 10.6 Å². The van der Waals surface area contributed by atoms with Gasteiger partial charge in [0.1, 0.15) is 4.88 Å². The molecule has 0 fully saturated rings. The van der Waals surface area contributed by atoms with Gasteiger partial charge in [0.05, 0.1) is 5.69 Å². The van der Waals surface area contributed by atoms with Gasteiger partial charge in [0, 0.05) is 28.2 Å². The van der Waals surface area contributed by atoms with Gasteiger partial charge in [-0.05, 0) is 24.6 Å². The summed E-state index contributed by atoms with van der Waals surface area (Å²) in [6.07, 6.45) is 2.09. The first kappa shape index (κ1) is 14.3. The zero-order valence-electron chi connectivity index (χ0n) is 11.1. The van der Waals surface area contributed by atoms with E-state index in [9.17, 15) is 4.79 Å². The van der Waals surface area contributed by atoms with Crippen molar-refractivity contribution in [2.24, 2.45) is 0 Å². The van der Waals surface area contributed by atoms with Crippen LogP contribution in [0.4, 0.5) is 5.69 Å². The van der Waals surface area contributed by atoms with Gasteiger partial charge in [-0.25, -0.2) is 0 Å². The smallest absolute Gasteiger partial charge is 0.265 e. The summed E-state index contributed by atoms with van der Waals surface area (Å²) < 4.78 is 2.02. The Labute approximate surface area is 125 Å². The molecule has 0 aliphatic carbocycles. The number of anilines is 1. The second kappa shape index (κ2) is 5.92. The molecule has 0 atom stereocenters. The Hall–Kier alpha value is -1.07. The molecular weight excluding hydrogens is 324 g/mol. The number of halogens is 1. The van der Waals surface area contributed by atoms with Crippen molar-refractivity contribution in [2.75, 3.05) is 19.3 Å². The van der Waals surface area contributed by atoms with E-state index < -0.39 is 0 Å². The fraction of sp³-hybridized carbons (Fsp3) is 0.357. The molecule has 102 valence electrons. The summed E-state index contributed by atoms with van der Waals surface area (Å²) in [4.78, 5) is 14.8.